The molecule has 0 amide bonds. The van der Waals surface area contributed by atoms with Gasteiger partial charge in [-0.1, -0.05) is 0 Å². The lowest BCUT2D eigenvalue weighted by atomic mass is 10.0. The van der Waals surface area contributed by atoms with E-state index >= 15 is 0 Å². The number of nitrogens with one attached hydrogen (secondary N) is 1. The fraction of sp³-hybridized carbons (Fsp3) is 0.571. The summed E-state index contributed by atoms with van der Waals surface area (Å²) in [6.45, 7) is 2.94. The van der Waals surface area contributed by atoms with Crippen molar-refractivity contribution < 1.29 is 18.6 Å². The molecular weight excluding hydrogens is 426 g/mol. The van der Waals surface area contributed by atoms with Gasteiger partial charge in [-0.05, 0) is 43.5 Å². The minimum atomic E-state index is -2.41. The van der Waals surface area contributed by atoms with Crippen molar-refractivity contribution in [3.63, 3.8) is 0 Å². The van der Waals surface area contributed by atoms with Gasteiger partial charge < -0.3 is 15.2 Å². The fourth-order valence-electron chi connectivity index (χ4n) is 2.65. The zero-order valence-corrected chi connectivity index (χ0v) is 15.3. The van der Waals surface area contributed by atoms with Crippen LogP contribution in [0.3, 0.4) is 0 Å². The Labute approximate surface area is 145 Å². The molecule has 1 aromatic rings. The van der Waals surface area contributed by atoms with E-state index in [0.29, 0.717) is 27.6 Å². The van der Waals surface area contributed by atoms with Crippen LogP contribution in [0, 0.1) is 0 Å². The van der Waals surface area contributed by atoms with E-state index in [1.165, 1.54) is 7.11 Å². The highest BCUT2D eigenvalue weighted by molar-refractivity contribution is 9.13. The molecule has 0 radical (unpaired) electrons. The number of halogens is 4. The molecule has 22 heavy (non-hydrogen) atoms. The van der Waals surface area contributed by atoms with Gasteiger partial charge in [-0.3, -0.25) is 4.90 Å². The average molecular weight is 444 g/mol. The molecule has 1 aromatic carbocycles. The van der Waals surface area contributed by atoms with Crippen molar-refractivity contribution in [3.8, 4) is 11.5 Å². The van der Waals surface area contributed by atoms with Crippen LogP contribution in [0.1, 0.15) is 18.0 Å². The number of hydrogen-bond donors (Lipinski definition) is 2. The number of ether oxygens (including phenoxy) is 1. The molecule has 1 aliphatic heterocycles. The van der Waals surface area contributed by atoms with Gasteiger partial charge >= 0.3 is 0 Å². The summed E-state index contributed by atoms with van der Waals surface area (Å²) >= 11 is 6.69. The largest absolute Gasteiger partial charge is 0.503 e. The van der Waals surface area contributed by atoms with Crippen LogP contribution in [0.15, 0.2) is 15.0 Å². The van der Waals surface area contributed by atoms with Gasteiger partial charge in [-0.2, -0.15) is 0 Å². The lowest BCUT2D eigenvalue weighted by Gasteiger charge is -2.36. The number of piperazine rings is 1. The number of nitrogens with zero attached hydrogens (tertiary/aromatic N) is 1. The third-order valence-electron chi connectivity index (χ3n) is 3.75. The molecule has 1 aliphatic rings. The van der Waals surface area contributed by atoms with E-state index in [2.05, 4.69) is 37.2 Å². The van der Waals surface area contributed by atoms with Crippen molar-refractivity contribution in [1.82, 2.24) is 10.2 Å². The van der Waals surface area contributed by atoms with Gasteiger partial charge in [0, 0.05) is 43.1 Å². The van der Waals surface area contributed by atoms with Crippen LogP contribution in [-0.4, -0.2) is 49.7 Å². The van der Waals surface area contributed by atoms with Gasteiger partial charge in [-0.25, -0.2) is 8.78 Å². The van der Waals surface area contributed by atoms with E-state index in [1.807, 2.05) is 4.90 Å². The van der Waals surface area contributed by atoms with Crippen molar-refractivity contribution in [3.05, 3.63) is 20.6 Å². The maximum atomic E-state index is 13.1. The first-order chi connectivity index (χ1) is 10.5. The molecule has 1 saturated heterocycles. The molecule has 2 N–H and O–H groups in total. The number of methoxy groups -OCH3 is 1. The van der Waals surface area contributed by atoms with Gasteiger partial charge in [0.05, 0.1) is 11.6 Å². The number of phenols is 1. The minimum Gasteiger partial charge on any atom is -0.503 e. The van der Waals surface area contributed by atoms with E-state index in [-0.39, 0.29) is 17.9 Å². The lowest BCUT2D eigenvalue weighted by molar-refractivity contribution is 0.0735. The first-order valence-corrected chi connectivity index (χ1v) is 8.52. The fourth-order valence-corrected chi connectivity index (χ4v) is 3.64. The lowest BCUT2D eigenvalue weighted by Crippen LogP contribution is -2.45. The Morgan fingerprint density at radius 2 is 1.95 bits per heavy atom. The summed E-state index contributed by atoms with van der Waals surface area (Å²) < 4.78 is 32.3. The van der Waals surface area contributed by atoms with Crippen molar-refractivity contribution in [2.24, 2.45) is 0 Å². The second-order valence-corrected chi connectivity index (χ2v) is 6.66. The monoisotopic (exact) mass is 442 g/mol. The van der Waals surface area contributed by atoms with E-state index in [9.17, 15) is 13.9 Å². The molecule has 0 unspecified atom stereocenters. The molecule has 0 aromatic heterocycles. The van der Waals surface area contributed by atoms with Crippen LogP contribution in [0.5, 0.6) is 11.5 Å². The summed E-state index contributed by atoms with van der Waals surface area (Å²) in [4.78, 5) is 2.03. The molecular formula is C14H18Br2F2N2O2. The summed E-state index contributed by atoms with van der Waals surface area (Å²) in [7, 11) is 1.44. The first-order valence-electron chi connectivity index (χ1n) is 6.93. The topological polar surface area (TPSA) is 44.7 Å². The zero-order chi connectivity index (χ0) is 16.3. The van der Waals surface area contributed by atoms with Gasteiger partial charge in [0.1, 0.15) is 0 Å². The minimum absolute atomic E-state index is 0.0470. The third kappa shape index (κ3) is 3.90. The molecule has 8 heteroatoms. The molecule has 0 spiro atoms. The Hall–Kier alpha value is -0.440. The predicted molar refractivity (Wildman–Crippen MR) is 87.9 cm³/mol. The van der Waals surface area contributed by atoms with Crippen LogP contribution < -0.4 is 10.1 Å². The number of alkyl halides is 2. The Balaban J connectivity index is 2.43. The highest BCUT2D eigenvalue weighted by Gasteiger charge is 2.29. The van der Waals surface area contributed by atoms with Crippen molar-refractivity contribution in [2.45, 2.75) is 18.9 Å². The summed E-state index contributed by atoms with van der Waals surface area (Å²) in [5.74, 6) is 0.216. The molecule has 0 aliphatic carbocycles. The Bertz CT molecular complexity index is 526. The number of benzene rings is 1. The number of aromatic hydroxyl groups is 1. The van der Waals surface area contributed by atoms with Crippen LogP contribution >= 0.6 is 31.9 Å². The molecule has 4 nitrogen and oxygen atoms in total. The van der Waals surface area contributed by atoms with Crippen molar-refractivity contribution >= 4 is 31.9 Å². The standard InChI is InChI=1S/C14H18Br2F2N2O2/c1-22-10-6-8(12(15)13(16)14(10)21)9(7-11(17)18)20-4-2-19-3-5-20/h6,9,11,19,21H,2-5,7H2,1H3/t9-/m1/s1. The van der Waals surface area contributed by atoms with Crippen LogP contribution in [0.25, 0.3) is 0 Å². The number of rotatable bonds is 5. The molecule has 2 rings (SSSR count). The van der Waals surface area contributed by atoms with Crippen LogP contribution in [-0.2, 0) is 0 Å². The van der Waals surface area contributed by atoms with Crippen LogP contribution in [0.2, 0.25) is 0 Å². The normalized spacial score (nSPS) is 17.7. The average Bonchev–Trinajstić information content (AvgIpc) is 2.52. The molecule has 1 atom stereocenters. The van der Waals surface area contributed by atoms with Crippen LogP contribution in [0.4, 0.5) is 8.78 Å². The number of phenolic OH excluding ortho intramolecular Hbond substituents is 1. The third-order valence-corrected chi connectivity index (χ3v) is 5.91. The first kappa shape index (κ1) is 17.9. The summed E-state index contributed by atoms with van der Waals surface area (Å²) in [5, 5.41) is 13.2. The number of hydrogen-bond acceptors (Lipinski definition) is 4. The van der Waals surface area contributed by atoms with E-state index in [0.717, 1.165) is 13.1 Å². The smallest absolute Gasteiger partial charge is 0.240 e. The Kier molecular flexibility index (Phi) is 6.43. The van der Waals surface area contributed by atoms with E-state index in [1.54, 1.807) is 6.07 Å². The molecule has 1 heterocycles. The molecule has 0 saturated carbocycles. The quantitative estimate of drug-likeness (QED) is 0.730. The summed E-state index contributed by atoms with van der Waals surface area (Å²) in [6.07, 6.45) is -2.68. The Morgan fingerprint density at radius 1 is 1.32 bits per heavy atom. The molecule has 0 bridgehead atoms. The molecule has 124 valence electrons. The second-order valence-electron chi connectivity index (χ2n) is 5.07. The van der Waals surface area contributed by atoms with E-state index < -0.39 is 12.5 Å². The predicted octanol–water partition coefficient (Wildman–Crippen LogP) is 3.53. The second kappa shape index (κ2) is 7.90. The van der Waals surface area contributed by atoms with Gasteiger partial charge in [0.2, 0.25) is 6.43 Å². The van der Waals surface area contributed by atoms with Crippen molar-refractivity contribution in [2.75, 3.05) is 33.3 Å². The van der Waals surface area contributed by atoms with Gasteiger partial charge in [-0.15, -0.1) is 0 Å². The maximum Gasteiger partial charge on any atom is 0.240 e. The maximum absolute atomic E-state index is 13.1. The van der Waals surface area contributed by atoms with Gasteiger partial charge in [0.25, 0.3) is 0 Å². The highest BCUT2D eigenvalue weighted by Crippen LogP contribution is 2.45. The molecule has 1 fully saturated rings. The Morgan fingerprint density at radius 3 is 2.50 bits per heavy atom. The summed E-state index contributed by atoms with van der Waals surface area (Å²) in [5.41, 5.74) is 0.684. The highest BCUT2D eigenvalue weighted by atomic mass is 79.9. The zero-order valence-electron chi connectivity index (χ0n) is 12.1. The SMILES string of the molecule is COc1cc([C@@H](CC(F)F)N2CCNCC2)c(Br)c(Br)c1O. The van der Waals surface area contributed by atoms with Crippen molar-refractivity contribution in [1.29, 1.82) is 0 Å². The van der Waals surface area contributed by atoms with E-state index in [4.69, 9.17) is 4.74 Å². The van der Waals surface area contributed by atoms with Gasteiger partial charge in [0.15, 0.2) is 11.5 Å². The summed E-state index contributed by atoms with van der Waals surface area (Å²) in [6, 6.07) is 1.18.